The number of amides is 2. The summed E-state index contributed by atoms with van der Waals surface area (Å²) in [6.07, 6.45) is 3.99. The first-order chi connectivity index (χ1) is 10.6. The quantitative estimate of drug-likeness (QED) is 0.811. The highest BCUT2D eigenvalue weighted by molar-refractivity contribution is 5.94. The first-order valence-electron chi connectivity index (χ1n) is 7.31. The van der Waals surface area contributed by atoms with E-state index < -0.39 is 0 Å². The minimum absolute atomic E-state index is 0.000208. The number of H-pyrrole nitrogens is 1. The molecule has 3 N–H and O–H groups in total. The molecule has 0 saturated heterocycles. The summed E-state index contributed by atoms with van der Waals surface area (Å²) in [5.74, 6) is -0.194. The molecule has 1 atom stereocenters. The maximum atomic E-state index is 12.4. The minimum Gasteiger partial charge on any atom is -0.348 e. The normalized spacial score (nSPS) is 16.7. The number of nitrogens with one attached hydrogen (secondary N) is 3. The number of carbonyl (C=O) groups is 2. The summed E-state index contributed by atoms with van der Waals surface area (Å²) in [5.41, 5.74) is 3.48. The van der Waals surface area contributed by atoms with Gasteiger partial charge in [-0.1, -0.05) is 6.07 Å². The fourth-order valence-electron chi connectivity index (χ4n) is 2.75. The van der Waals surface area contributed by atoms with Crippen molar-refractivity contribution in [3.8, 4) is 0 Å². The van der Waals surface area contributed by atoms with Crippen LogP contribution in [0.1, 0.15) is 24.7 Å². The van der Waals surface area contributed by atoms with Crippen LogP contribution in [0.2, 0.25) is 0 Å². The molecule has 1 unspecified atom stereocenters. The van der Waals surface area contributed by atoms with Crippen LogP contribution in [0.3, 0.4) is 0 Å². The number of hydrogen-bond donors (Lipinski definition) is 3. The van der Waals surface area contributed by atoms with Gasteiger partial charge in [-0.3, -0.25) is 9.59 Å². The van der Waals surface area contributed by atoms with Gasteiger partial charge >= 0.3 is 0 Å². The van der Waals surface area contributed by atoms with Gasteiger partial charge in [-0.15, -0.1) is 0 Å². The van der Waals surface area contributed by atoms with Crippen LogP contribution in [0.4, 0.5) is 11.4 Å². The van der Waals surface area contributed by atoms with Crippen LogP contribution in [0, 0.1) is 5.92 Å². The molecule has 1 aromatic heterocycles. The molecule has 1 aromatic carbocycles. The smallest absolute Gasteiger partial charge is 0.227 e. The standard InChI is InChI=1S/C16H18N4O2/c1-10(21)19-12-3-2-4-13(8-12)20-16(22)11-5-6-14-15(7-11)18-9-17-14/h2-4,8-9,11H,5-7H2,1H3,(H,17,18)(H,19,21)(H,20,22). The van der Waals surface area contributed by atoms with E-state index in [1.165, 1.54) is 6.92 Å². The first kappa shape index (κ1) is 14.3. The lowest BCUT2D eigenvalue weighted by atomic mass is 9.89. The second-order valence-corrected chi connectivity index (χ2v) is 5.52. The zero-order chi connectivity index (χ0) is 15.5. The predicted molar refractivity (Wildman–Crippen MR) is 83.5 cm³/mol. The Morgan fingerprint density at radius 3 is 2.82 bits per heavy atom. The van der Waals surface area contributed by atoms with Gasteiger partial charge in [-0.05, 0) is 31.0 Å². The van der Waals surface area contributed by atoms with Gasteiger partial charge in [-0.2, -0.15) is 0 Å². The zero-order valence-corrected chi connectivity index (χ0v) is 12.3. The topological polar surface area (TPSA) is 86.9 Å². The maximum absolute atomic E-state index is 12.4. The highest BCUT2D eigenvalue weighted by Crippen LogP contribution is 2.24. The molecule has 114 valence electrons. The summed E-state index contributed by atoms with van der Waals surface area (Å²) in [4.78, 5) is 30.8. The third-order valence-electron chi connectivity index (χ3n) is 3.81. The highest BCUT2D eigenvalue weighted by atomic mass is 16.2. The molecular formula is C16H18N4O2. The maximum Gasteiger partial charge on any atom is 0.227 e. The van der Waals surface area contributed by atoms with Crippen molar-refractivity contribution in [1.29, 1.82) is 0 Å². The van der Waals surface area contributed by atoms with Gasteiger partial charge in [0.1, 0.15) is 0 Å². The summed E-state index contributed by atoms with van der Waals surface area (Å²) < 4.78 is 0. The largest absolute Gasteiger partial charge is 0.348 e. The van der Waals surface area contributed by atoms with Crippen molar-refractivity contribution >= 4 is 23.2 Å². The summed E-state index contributed by atoms with van der Waals surface area (Å²) in [6, 6.07) is 7.15. The van der Waals surface area contributed by atoms with E-state index in [4.69, 9.17) is 0 Å². The number of rotatable bonds is 3. The molecule has 6 nitrogen and oxygen atoms in total. The van der Waals surface area contributed by atoms with Gasteiger partial charge in [0.2, 0.25) is 11.8 Å². The van der Waals surface area contributed by atoms with Crippen molar-refractivity contribution < 1.29 is 9.59 Å². The van der Waals surface area contributed by atoms with Crippen molar-refractivity contribution in [2.24, 2.45) is 5.92 Å². The Kier molecular flexibility index (Phi) is 3.91. The predicted octanol–water partition coefficient (Wildman–Crippen LogP) is 2.11. The summed E-state index contributed by atoms with van der Waals surface area (Å²) >= 11 is 0. The Hall–Kier alpha value is -2.63. The molecule has 0 saturated carbocycles. The number of fused-ring (bicyclic) bond motifs is 1. The van der Waals surface area contributed by atoms with Crippen LogP contribution in [0.15, 0.2) is 30.6 Å². The van der Waals surface area contributed by atoms with Crippen LogP contribution < -0.4 is 10.6 Å². The molecule has 0 bridgehead atoms. The van der Waals surface area contributed by atoms with E-state index in [2.05, 4.69) is 20.6 Å². The third-order valence-corrected chi connectivity index (χ3v) is 3.81. The lowest BCUT2D eigenvalue weighted by Gasteiger charge is -2.20. The van der Waals surface area contributed by atoms with Crippen molar-refractivity contribution in [1.82, 2.24) is 9.97 Å². The molecule has 22 heavy (non-hydrogen) atoms. The molecular weight excluding hydrogens is 280 g/mol. The average Bonchev–Trinajstić information content (AvgIpc) is 2.94. The number of aromatic nitrogens is 2. The van der Waals surface area contributed by atoms with E-state index in [0.29, 0.717) is 17.8 Å². The van der Waals surface area contributed by atoms with Crippen LogP contribution >= 0.6 is 0 Å². The van der Waals surface area contributed by atoms with E-state index >= 15 is 0 Å². The van der Waals surface area contributed by atoms with E-state index in [1.54, 1.807) is 24.5 Å². The zero-order valence-electron chi connectivity index (χ0n) is 12.3. The minimum atomic E-state index is -0.137. The van der Waals surface area contributed by atoms with E-state index in [9.17, 15) is 9.59 Å². The number of nitrogens with zero attached hydrogens (tertiary/aromatic N) is 1. The van der Waals surface area contributed by atoms with Crippen molar-refractivity contribution in [3.05, 3.63) is 42.0 Å². The Morgan fingerprint density at radius 2 is 2.05 bits per heavy atom. The SMILES string of the molecule is CC(=O)Nc1cccc(NC(=O)C2CCc3nc[nH]c3C2)c1. The average molecular weight is 298 g/mol. The number of carbonyl (C=O) groups excluding carboxylic acids is 2. The third kappa shape index (κ3) is 3.16. The summed E-state index contributed by atoms with van der Waals surface area (Å²) in [7, 11) is 0. The molecule has 6 heteroatoms. The number of imidazole rings is 1. The highest BCUT2D eigenvalue weighted by Gasteiger charge is 2.26. The molecule has 0 fully saturated rings. The molecule has 0 spiro atoms. The van der Waals surface area contributed by atoms with Gasteiger partial charge in [0.15, 0.2) is 0 Å². The van der Waals surface area contributed by atoms with E-state index in [-0.39, 0.29) is 17.7 Å². The fourth-order valence-corrected chi connectivity index (χ4v) is 2.75. The summed E-state index contributed by atoms with van der Waals surface area (Å²) in [6.45, 7) is 1.45. The van der Waals surface area contributed by atoms with E-state index in [0.717, 1.165) is 24.2 Å². The number of aryl methyl sites for hydroxylation is 1. The molecule has 2 aromatic rings. The Labute approximate surface area is 128 Å². The lowest BCUT2D eigenvalue weighted by Crippen LogP contribution is -2.28. The van der Waals surface area contributed by atoms with Gasteiger partial charge in [0.25, 0.3) is 0 Å². The number of benzene rings is 1. The monoisotopic (exact) mass is 298 g/mol. The summed E-state index contributed by atoms with van der Waals surface area (Å²) in [5, 5.41) is 5.63. The Bertz CT molecular complexity index is 708. The molecule has 1 aliphatic rings. The molecule has 2 amide bonds. The van der Waals surface area contributed by atoms with Crippen molar-refractivity contribution in [2.75, 3.05) is 10.6 Å². The number of anilines is 2. The molecule has 1 heterocycles. The first-order valence-corrected chi connectivity index (χ1v) is 7.31. The fraction of sp³-hybridized carbons (Fsp3) is 0.312. The van der Waals surface area contributed by atoms with Crippen LogP contribution in [-0.4, -0.2) is 21.8 Å². The van der Waals surface area contributed by atoms with Crippen LogP contribution in [0.25, 0.3) is 0 Å². The number of aromatic amines is 1. The van der Waals surface area contributed by atoms with Crippen LogP contribution in [-0.2, 0) is 22.4 Å². The lowest BCUT2D eigenvalue weighted by molar-refractivity contribution is -0.120. The molecule has 3 rings (SSSR count). The molecule has 1 aliphatic carbocycles. The molecule has 0 radical (unpaired) electrons. The van der Waals surface area contributed by atoms with Crippen molar-refractivity contribution in [3.63, 3.8) is 0 Å². The Balaban J connectivity index is 1.66. The van der Waals surface area contributed by atoms with E-state index in [1.807, 2.05) is 6.07 Å². The molecule has 0 aliphatic heterocycles. The van der Waals surface area contributed by atoms with Gasteiger partial charge in [-0.25, -0.2) is 4.98 Å². The van der Waals surface area contributed by atoms with Gasteiger partial charge < -0.3 is 15.6 Å². The second-order valence-electron chi connectivity index (χ2n) is 5.52. The number of hydrogen-bond acceptors (Lipinski definition) is 3. The van der Waals surface area contributed by atoms with Gasteiger partial charge in [0, 0.05) is 36.3 Å². The van der Waals surface area contributed by atoms with Gasteiger partial charge in [0.05, 0.1) is 12.0 Å². The van der Waals surface area contributed by atoms with Crippen LogP contribution in [0.5, 0.6) is 0 Å². The second kappa shape index (κ2) is 6.01. The van der Waals surface area contributed by atoms with Crippen molar-refractivity contribution in [2.45, 2.75) is 26.2 Å². The Morgan fingerprint density at radius 1 is 1.27 bits per heavy atom.